The summed E-state index contributed by atoms with van der Waals surface area (Å²) in [6, 6.07) is 4.79. The summed E-state index contributed by atoms with van der Waals surface area (Å²) in [7, 11) is 1.58. The number of benzene rings is 1. The van der Waals surface area contributed by atoms with Crippen LogP contribution < -0.4 is 14.4 Å². The number of sulfone groups is 1. The maximum Gasteiger partial charge on any atom is 0.224 e. The quantitative estimate of drug-likeness (QED) is 0.683. The molecule has 0 radical (unpaired) electrons. The van der Waals surface area contributed by atoms with Crippen molar-refractivity contribution in [1.29, 1.82) is 0 Å². The Labute approximate surface area is 160 Å². The number of amides is 2. The summed E-state index contributed by atoms with van der Waals surface area (Å²) in [4.78, 5) is 27.6. The summed E-state index contributed by atoms with van der Waals surface area (Å²) in [5, 5.41) is 0. The predicted molar refractivity (Wildman–Crippen MR) is 102 cm³/mol. The van der Waals surface area contributed by atoms with Crippen LogP contribution in [-0.2, 0) is 19.4 Å². The van der Waals surface area contributed by atoms with E-state index in [2.05, 4.69) is 0 Å². The lowest BCUT2D eigenvalue weighted by molar-refractivity contribution is -0.131. The highest BCUT2D eigenvalue weighted by Crippen LogP contribution is 2.32. The van der Waals surface area contributed by atoms with Crippen molar-refractivity contribution in [1.82, 2.24) is 4.90 Å². The lowest BCUT2D eigenvalue weighted by Crippen LogP contribution is -2.40. The van der Waals surface area contributed by atoms with Gasteiger partial charge in [-0.1, -0.05) is 0 Å². The zero-order chi connectivity index (χ0) is 20.2. The van der Waals surface area contributed by atoms with E-state index in [9.17, 15) is 18.0 Å². The topological polar surface area (TPSA) is 93.2 Å². The molecule has 0 aliphatic carbocycles. The maximum atomic E-state index is 12.5. The van der Waals surface area contributed by atoms with Crippen molar-refractivity contribution in [3.05, 3.63) is 18.2 Å². The number of hydrogen-bond acceptors (Lipinski definition) is 6. The van der Waals surface area contributed by atoms with Gasteiger partial charge in [0, 0.05) is 39.0 Å². The van der Waals surface area contributed by atoms with Crippen molar-refractivity contribution in [2.24, 2.45) is 0 Å². The van der Waals surface area contributed by atoms with Gasteiger partial charge in [0.2, 0.25) is 11.8 Å². The Kier molecular flexibility index (Phi) is 6.69. The molecule has 1 aliphatic heterocycles. The first-order valence-electron chi connectivity index (χ1n) is 8.64. The van der Waals surface area contributed by atoms with Gasteiger partial charge in [-0.15, -0.1) is 0 Å². The van der Waals surface area contributed by atoms with Crippen LogP contribution >= 0.6 is 0 Å². The zero-order valence-corrected chi connectivity index (χ0v) is 16.9. The first kappa shape index (κ1) is 21.0. The largest absolute Gasteiger partial charge is 0.497 e. The fraction of sp³-hybridized carbons (Fsp3) is 0.556. The van der Waals surface area contributed by atoms with Gasteiger partial charge in [0.25, 0.3) is 0 Å². The van der Waals surface area contributed by atoms with Crippen LogP contribution in [0, 0.1) is 0 Å². The van der Waals surface area contributed by atoms with Gasteiger partial charge in [-0.2, -0.15) is 0 Å². The number of rotatable bonds is 7. The number of ether oxygens (including phenoxy) is 2. The molecule has 1 aliphatic rings. The van der Waals surface area contributed by atoms with Crippen LogP contribution in [0.1, 0.15) is 19.8 Å². The average molecular weight is 398 g/mol. The fourth-order valence-electron chi connectivity index (χ4n) is 3.12. The van der Waals surface area contributed by atoms with Gasteiger partial charge in [-0.05, 0) is 18.6 Å². The summed E-state index contributed by atoms with van der Waals surface area (Å²) in [6.45, 7) is 1.59. The van der Waals surface area contributed by atoms with Gasteiger partial charge >= 0.3 is 0 Å². The van der Waals surface area contributed by atoms with Gasteiger partial charge in [0.15, 0.2) is 9.84 Å². The van der Waals surface area contributed by atoms with Crippen molar-refractivity contribution in [2.45, 2.75) is 25.8 Å². The molecule has 1 saturated heterocycles. The molecule has 0 saturated carbocycles. The highest BCUT2D eigenvalue weighted by molar-refractivity contribution is 7.91. The Morgan fingerprint density at radius 3 is 2.44 bits per heavy atom. The lowest BCUT2D eigenvalue weighted by atomic mass is 10.2. The molecule has 1 atom stereocenters. The third-order valence-electron chi connectivity index (χ3n) is 4.76. The molecule has 9 heteroatoms. The van der Waals surface area contributed by atoms with E-state index in [1.54, 1.807) is 25.2 Å². The predicted octanol–water partition coefficient (Wildman–Crippen LogP) is 1.09. The van der Waals surface area contributed by atoms with Gasteiger partial charge in [-0.25, -0.2) is 8.42 Å². The molecule has 2 amide bonds. The molecule has 0 spiro atoms. The normalized spacial score (nSPS) is 18.0. The Bertz CT molecular complexity index is 808. The molecule has 0 bridgehead atoms. The number of carbonyl (C=O) groups excluding carboxylic acids is 2. The van der Waals surface area contributed by atoms with E-state index in [-0.39, 0.29) is 42.3 Å². The molecule has 1 fully saturated rings. The first-order valence-corrected chi connectivity index (χ1v) is 10.5. The molecular weight excluding hydrogens is 372 g/mol. The number of hydrogen-bond donors (Lipinski definition) is 0. The van der Waals surface area contributed by atoms with E-state index in [1.165, 1.54) is 30.9 Å². The summed E-state index contributed by atoms with van der Waals surface area (Å²) in [5.74, 6) is 0.744. The Morgan fingerprint density at radius 1 is 1.22 bits per heavy atom. The van der Waals surface area contributed by atoms with Crippen molar-refractivity contribution >= 4 is 27.3 Å². The van der Waals surface area contributed by atoms with E-state index in [1.807, 2.05) is 0 Å². The second-order valence-corrected chi connectivity index (χ2v) is 8.75. The highest BCUT2D eigenvalue weighted by atomic mass is 32.2. The van der Waals surface area contributed by atoms with Crippen LogP contribution in [0.15, 0.2) is 18.2 Å². The van der Waals surface area contributed by atoms with E-state index >= 15 is 0 Å². The minimum Gasteiger partial charge on any atom is -0.497 e. The van der Waals surface area contributed by atoms with Crippen LogP contribution in [0.5, 0.6) is 11.5 Å². The molecule has 0 aromatic heterocycles. The van der Waals surface area contributed by atoms with Crippen LogP contribution in [0.4, 0.5) is 5.69 Å². The van der Waals surface area contributed by atoms with E-state index < -0.39 is 9.84 Å². The molecule has 1 heterocycles. The molecule has 1 aromatic carbocycles. The Hall–Kier alpha value is -2.29. The van der Waals surface area contributed by atoms with Crippen molar-refractivity contribution < 1.29 is 27.5 Å². The second kappa shape index (κ2) is 8.60. The maximum absolute atomic E-state index is 12.5. The SMILES string of the molecule is COc1ccc(N(CCC(=O)N(C)C2CCS(=O)(=O)C2)C(C)=O)c(OC)c1. The molecular formula is C18H26N2O6S. The summed E-state index contributed by atoms with van der Waals surface area (Å²) in [6.07, 6.45) is 0.537. The third kappa shape index (κ3) is 5.12. The number of carbonyl (C=O) groups is 2. The van der Waals surface area contributed by atoms with Gasteiger partial charge in [0.1, 0.15) is 11.5 Å². The summed E-state index contributed by atoms with van der Waals surface area (Å²) < 4.78 is 33.7. The van der Waals surface area contributed by atoms with E-state index in [4.69, 9.17) is 9.47 Å². The average Bonchev–Trinajstić information content (AvgIpc) is 3.00. The van der Waals surface area contributed by atoms with Gasteiger partial charge in [-0.3, -0.25) is 9.59 Å². The highest BCUT2D eigenvalue weighted by Gasteiger charge is 2.32. The number of nitrogens with zero attached hydrogens (tertiary/aromatic N) is 2. The van der Waals surface area contributed by atoms with Gasteiger partial charge < -0.3 is 19.3 Å². The van der Waals surface area contributed by atoms with Crippen LogP contribution in [-0.4, -0.2) is 70.5 Å². The molecule has 27 heavy (non-hydrogen) atoms. The molecule has 0 N–H and O–H groups in total. The number of methoxy groups -OCH3 is 2. The monoisotopic (exact) mass is 398 g/mol. The summed E-state index contributed by atoms with van der Waals surface area (Å²) in [5.41, 5.74) is 0.546. The minimum atomic E-state index is -3.06. The van der Waals surface area contributed by atoms with Crippen molar-refractivity contribution in [3.63, 3.8) is 0 Å². The third-order valence-corrected chi connectivity index (χ3v) is 6.51. The summed E-state index contributed by atoms with van der Waals surface area (Å²) >= 11 is 0. The second-order valence-electron chi connectivity index (χ2n) is 6.52. The van der Waals surface area contributed by atoms with Crippen LogP contribution in [0.3, 0.4) is 0 Å². The first-order chi connectivity index (χ1) is 12.7. The molecule has 8 nitrogen and oxygen atoms in total. The van der Waals surface area contributed by atoms with Gasteiger partial charge in [0.05, 0.1) is 31.4 Å². The van der Waals surface area contributed by atoms with E-state index in [0.717, 1.165) is 0 Å². The zero-order valence-electron chi connectivity index (χ0n) is 16.1. The molecule has 1 unspecified atom stereocenters. The van der Waals surface area contributed by atoms with E-state index in [0.29, 0.717) is 23.6 Å². The fourth-order valence-corrected chi connectivity index (χ4v) is 4.90. The van der Waals surface area contributed by atoms with Crippen molar-refractivity contribution in [2.75, 3.05) is 44.2 Å². The standard InChI is InChI=1S/C18H26N2O6S/c1-13(21)20(16-6-5-15(25-3)11-17(16)26-4)9-7-18(22)19(2)14-8-10-27(23,24)12-14/h5-6,11,14H,7-10,12H2,1-4H3. The Balaban J connectivity index is 2.09. The molecule has 2 rings (SSSR count). The van der Waals surface area contributed by atoms with Crippen molar-refractivity contribution in [3.8, 4) is 11.5 Å². The molecule has 1 aromatic rings. The lowest BCUT2D eigenvalue weighted by Gasteiger charge is -2.27. The van der Waals surface area contributed by atoms with Crippen LogP contribution in [0.25, 0.3) is 0 Å². The Morgan fingerprint density at radius 2 is 1.93 bits per heavy atom. The minimum absolute atomic E-state index is 0.00202. The smallest absolute Gasteiger partial charge is 0.224 e. The van der Waals surface area contributed by atoms with Crippen LogP contribution in [0.2, 0.25) is 0 Å². The number of anilines is 1. The molecule has 150 valence electrons.